The molecule has 1 N–H and O–H groups in total. The minimum Gasteiger partial charge on any atom is -0.495 e. The highest BCUT2D eigenvalue weighted by Crippen LogP contribution is 2.35. The molecule has 0 amide bonds. The maximum atomic E-state index is 12.2. The molecule has 20 heavy (non-hydrogen) atoms. The van der Waals surface area contributed by atoms with Crippen LogP contribution >= 0.6 is 11.8 Å². The van der Waals surface area contributed by atoms with Crippen LogP contribution in [0, 0.1) is 0 Å². The van der Waals surface area contributed by atoms with Crippen molar-refractivity contribution in [3.8, 4) is 5.75 Å². The van der Waals surface area contributed by atoms with Gasteiger partial charge < -0.3 is 9.72 Å². The third-order valence-electron chi connectivity index (χ3n) is 2.86. The molecular formula is C15H12N2O2S. The number of nitrogens with zero attached hydrogens (tertiary/aromatic N) is 1. The molecule has 0 radical (unpaired) electrons. The summed E-state index contributed by atoms with van der Waals surface area (Å²) in [4.78, 5) is 20.7. The van der Waals surface area contributed by atoms with Gasteiger partial charge in [0.25, 0.3) is 5.56 Å². The summed E-state index contributed by atoms with van der Waals surface area (Å²) in [6, 6.07) is 13.4. The number of aromatic amines is 1. The molecule has 1 aromatic carbocycles. The largest absolute Gasteiger partial charge is 0.495 e. The van der Waals surface area contributed by atoms with E-state index in [9.17, 15) is 4.79 Å². The van der Waals surface area contributed by atoms with Gasteiger partial charge in [-0.05, 0) is 24.3 Å². The highest BCUT2D eigenvalue weighted by atomic mass is 32.2. The fraction of sp³-hybridized carbons (Fsp3) is 0.0667. The summed E-state index contributed by atoms with van der Waals surface area (Å²) >= 11 is 1.38. The number of methoxy groups -OCH3 is 1. The molecule has 0 saturated heterocycles. The number of hydrogen-bond acceptors (Lipinski definition) is 4. The van der Waals surface area contributed by atoms with Gasteiger partial charge in [-0.1, -0.05) is 30.0 Å². The second-order valence-electron chi connectivity index (χ2n) is 4.13. The van der Waals surface area contributed by atoms with E-state index >= 15 is 0 Å². The molecule has 2 heterocycles. The normalized spacial score (nSPS) is 10.7. The molecule has 0 aliphatic carbocycles. The van der Waals surface area contributed by atoms with Crippen molar-refractivity contribution in [3.63, 3.8) is 0 Å². The minimum atomic E-state index is -0.193. The third-order valence-corrected chi connectivity index (χ3v) is 3.95. The van der Waals surface area contributed by atoms with Gasteiger partial charge in [0.2, 0.25) is 0 Å². The van der Waals surface area contributed by atoms with Gasteiger partial charge in [0.15, 0.2) is 0 Å². The molecule has 4 nitrogen and oxygen atoms in total. The minimum absolute atomic E-state index is 0.193. The third kappa shape index (κ3) is 2.28. The lowest BCUT2D eigenvalue weighted by atomic mass is 10.2. The lowest BCUT2D eigenvalue weighted by molar-refractivity contribution is 0.408. The predicted molar refractivity (Wildman–Crippen MR) is 79.5 cm³/mol. The number of pyridine rings is 2. The molecule has 0 unspecified atom stereocenters. The van der Waals surface area contributed by atoms with Crippen molar-refractivity contribution in [3.05, 3.63) is 59.0 Å². The standard InChI is InChI=1S/C15H12N2O2S/c1-19-12-11-8-5-9-16-14(11)17-15(18)13(12)20-10-6-3-2-4-7-10/h2-9H,1H3,(H,16,17,18). The van der Waals surface area contributed by atoms with Crippen molar-refractivity contribution in [2.24, 2.45) is 0 Å². The Balaban J connectivity index is 2.19. The summed E-state index contributed by atoms with van der Waals surface area (Å²) in [5.74, 6) is 0.561. The van der Waals surface area contributed by atoms with E-state index in [4.69, 9.17) is 4.74 Å². The van der Waals surface area contributed by atoms with Crippen molar-refractivity contribution < 1.29 is 4.74 Å². The zero-order valence-corrected chi connectivity index (χ0v) is 11.6. The molecule has 0 aliphatic rings. The van der Waals surface area contributed by atoms with Crippen LogP contribution in [0.4, 0.5) is 0 Å². The average molecular weight is 284 g/mol. The number of ether oxygens (including phenoxy) is 1. The van der Waals surface area contributed by atoms with E-state index in [0.717, 1.165) is 10.3 Å². The Morgan fingerprint density at radius 1 is 1.15 bits per heavy atom. The van der Waals surface area contributed by atoms with Crippen LogP contribution in [0.2, 0.25) is 0 Å². The number of hydrogen-bond donors (Lipinski definition) is 1. The smallest absolute Gasteiger partial charge is 0.267 e. The lowest BCUT2D eigenvalue weighted by Gasteiger charge is -2.10. The monoisotopic (exact) mass is 284 g/mol. The van der Waals surface area contributed by atoms with Gasteiger partial charge >= 0.3 is 0 Å². The number of nitrogens with one attached hydrogen (secondary N) is 1. The van der Waals surface area contributed by atoms with Crippen LogP contribution in [0.3, 0.4) is 0 Å². The Labute approximate surface area is 119 Å². The van der Waals surface area contributed by atoms with Crippen molar-refractivity contribution in [2.45, 2.75) is 9.79 Å². The Morgan fingerprint density at radius 2 is 1.95 bits per heavy atom. The van der Waals surface area contributed by atoms with Crippen molar-refractivity contribution in [1.29, 1.82) is 0 Å². The van der Waals surface area contributed by atoms with Gasteiger partial charge in [-0.25, -0.2) is 4.98 Å². The molecule has 0 aliphatic heterocycles. The summed E-state index contributed by atoms with van der Waals surface area (Å²) in [6.07, 6.45) is 1.64. The molecular weight excluding hydrogens is 272 g/mol. The Morgan fingerprint density at radius 3 is 2.70 bits per heavy atom. The van der Waals surface area contributed by atoms with E-state index < -0.39 is 0 Å². The number of aromatic nitrogens is 2. The summed E-state index contributed by atoms with van der Waals surface area (Å²) in [5.41, 5.74) is 0.341. The molecule has 100 valence electrons. The zero-order valence-electron chi connectivity index (χ0n) is 10.8. The van der Waals surface area contributed by atoms with Crippen molar-refractivity contribution >= 4 is 22.8 Å². The first-order valence-corrected chi connectivity index (χ1v) is 6.89. The van der Waals surface area contributed by atoms with Crippen molar-refractivity contribution in [2.75, 3.05) is 7.11 Å². The van der Waals surface area contributed by atoms with Gasteiger partial charge in [0.1, 0.15) is 16.3 Å². The summed E-state index contributed by atoms with van der Waals surface area (Å²) in [6.45, 7) is 0. The number of benzene rings is 1. The maximum Gasteiger partial charge on any atom is 0.267 e. The SMILES string of the molecule is COc1c(Sc2ccccc2)c(=O)[nH]c2ncccc12. The Kier molecular flexibility index (Phi) is 3.43. The second kappa shape index (κ2) is 5.38. The van der Waals surface area contributed by atoms with Crippen LogP contribution in [-0.4, -0.2) is 17.1 Å². The molecule has 0 spiro atoms. The van der Waals surface area contributed by atoms with E-state index in [0.29, 0.717) is 16.3 Å². The van der Waals surface area contributed by atoms with Gasteiger partial charge in [0, 0.05) is 11.1 Å². The van der Waals surface area contributed by atoms with Crippen LogP contribution in [0.5, 0.6) is 5.75 Å². The molecule has 0 atom stereocenters. The first-order valence-electron chi connectivity index (χ1n) is 6.07. The van der Waals surface area contributed by atoms with E-state index in [2.05, 4.69) is 9.97 Å². The van der Waals surface area contributed by atoms with Gasteiger partial charge in [-0.3, -0.25) is 4.79 Å². The number of fused-ring (bicyclic) bond motifs is 1. The van der Waals surface area contributed by atoms with Crippen molar-refractivity contribution in [1.82, 2.24) is 9.97 Å². The highest BCUT2D eigenvalue weighted by molar-refractivity contribution is 7.99. The fourth-order valence-electron chi connectivity index (χ4n) is 1.98. The highest BCUT2D eigenvalue weighted by Gasteiger charge is 2.14. The number of H-pyrrole nitrogens is 1. The van der Waals surface area contributed by atoms with Crippen LogP contribution in [0.25, 0.3) is 11.0 Å². The first kappa shape index (κ1) is 12.7. The Hall–Kier alpha value is -2.27. The van der Waals surface area contributed by atoms with Crippen LogP contribution in [-0.2, 0) is 0 Å². The summed E-state index contributed by atoms with van der Waals surface area (Å²) < 4.78 is 5.43. The molecule has 3 aromatic rings. The Bertz CT molecular complexity index is 800. The topological polar surface area (TPSA) is 55.0 Å². The zero-order chi connectivity index (χ0) is 13.9. The predicted octanol–water partition coefficient (Wildman–Crippen LogP) is 3.08. The molecule has 0 saturated carbocycles. The number of rotatable bonds is 3. The lowest BCUT2D eigenvalue weighted by Crippen LogP contribution is -2.11. The van der Waals surface area contributed by atoms with Gasteiger partial charge in [-0.2, -0.15) is 0 Å². The van der Waals surface area contributed by atoms with E-state index in [1.54, 1.807) is 13.3 Å². The van der Waals surface area contributed by atoms with Gasteiger partial charge in [0.05, 0.1) is 12.5 Å². The van der Waals surface area contributed by atoms with Crippen LogP contribution in [0.1, 0.15) is 0 Å². The van der Waals surface area contributed by atoms with E-state index in [1.165, 1.54) is 11.8 Å². The van der Waals surface area contributed by atoms with Crippen LogP contribution < -0.4 is 10.3 Å². The second-order valence-corrected chi connectivity index (χ2v) is 5.21. The van der Waals surface area contributed by atoms with Crippen LogP contribution in [0.15, 0.2) is 63.2 Å². The van der Waals surface area contributed by atoms with E-state index in [1.807, 2.05) is 42.5 Å². The summed E-state index contributed by atoms with van der Waals surface area (Å²) in [7, 11) is 1.57. The molecule has 2 aromatic heterocycles. The average Bonchev–Trinajstić information content (AvgIpc) is 2.49. The summed E-state index contributed by atoms with van der Waals surface area (Å²) in [5, 5.41) is 0.799. The molecule has 3 rings (SSSR count). The first-order chi connectivity index (χ1) is 9.79. The quantitative estimate of drug-likeness (QED) is 0.803. The molecule has 0 fully saturated rings. The fourth-order valence-corrected chi connectivity index (χ4v) is 2.94. The molecule has 5 heteroatoms. The van der Waals surface area contributed by atoms with Gasteiger partial charge in [-0.15, -0.1) is 0 Å². The van der Waals surface area contributed by atoms with E-state index in [-0.39, 0.29) is 5.56 Å². The molecule has 0 bridgehead atoms. The maximum absolute atomic E-state index is 12.2.